The summed E-state index contributed by atoms with van der Waals surface area (Å²) in [5.41, 5.74) is 0. The number of esters is 1. The molecule has 10 nitrogen and oxygen atoms in total. The van der Waals surface area contributed by atoms with Crippen LogP contribution in [0.25, 0.3) is 0 Å². The first-order valence-electron chi connectivity index (χ1n) is 9.83. The minimum atomic E-state index is -5.28. The van der Waals surface area contributed by atoms with Gasteiger partial charge in [0.15, 0.2) is 11.5 Å². The van der Waals surface area contributed by atoms with Crippen molar-refractivity contribution in [3.8, 4) is 0 Å². The van der Waals surface area contributed by atoms with Gasteiger partial charge in [0.1, 0.15) is 12.0 Å². The Bertz CT molecular complexity index is 954. The van der Waals surface area contributed by atoms with E-state index < -0.39 is 59.4 Å². The molecule has 0 aromatic carbocycles. The molecule has 3 atom stereocenters. The number of alkyl halides is 3. The highest BCUT2D eigenvalue weighted by Gasteiger charge is 2.56. The number of hydrogen-bond donors (Lipinski definition) is 2. The highest BCUT2D eigenvalue weighted by molar-refractivity contribution is 6.12. The van der Waals surface area contributed by atoms with E-state index in [-0.39, 0.29) is 31.1 Å². The Hall–Kier alpha value is -3.22. The van der Waals surface area contributed by atoms with Crippen LogP contribution in [0, 0.1) is 17.8 Å². The minimum Gasteiger partial charge on any atom is -0.493 e. The van der Waals surface area contributed by atoms with Crippen LogP contribution in [0.3, 0.4) is 0 Å². The van der Waals surface area contributed by atoms with E-state index >= 15 is 0 Å². The van der Waals surface area contributed by atoms with Crippen molar-refractivity contribution in [2.45, 2.75) is 25.1 Å². The molecule has 4 rings (SSSR count). The fourth-order valence-electron chi connectivity index (χ4n) is 3.92. The van der Waals surface area contributed by atoms with Gasteiger partial charge in [0, 0.05) is 25.4 Å². The van der Waals surface area contributed by atoms with Crippen molar-refractivity contribution in [1.82, 2.24) is 15.5 Å². The monoisotopic (exact) mass is 457 g/mol. The van der Waals surface area contributed by atoms with Gasteiger partial charge in [-0.3, -0.25) is 29.4 Å². The molecular weight excluding hydrogens is 439 g/mol. The Labute approximate surface area is 178 Å². The maximum Gasteiger partial charge on any atom is 0.491 e. The second-order valence-corrected chi connectivity index (χ2v) is 7.83. The van der Waals surface area contributed by atoms with Crippen LogP contribution in [0.4, 0.5) is 13.2 Å². The fraction of sp³-hybridized carbons (Fsp3) is 0.526. The van der Waals surface area contributed by atoms with E-state index in [1.807, 2.05) is 0 Å². The molecule has 32 heavy (non-hydrogen) atoms. The molecule has 3 heterocycles. The van der Waals surface area contributed by atoms with Crippen LogP contribution in [0.2, 0.25) is 0 Å². The number of likely N-dealkylation sites (tertiary alicyclic amines) is 1. The van der Waals surface area contributed by atoms with Gasteiger partial charge in [-0.2, -0.15) is 13.2 Å². The zero-order valence-corrected chi connectivity index (χ0v) is 16.4. The quantitative estimate of drug-likeness (QED) is 0.418. The molecule has 3 saturated heterocycles. The Morgan fingerprint density at radius 2 is 1.88 bits per heavy atom. The average molecular weight is 457 g/mol. The van der Waals surface area contributed by atoms with Crippen molar-refractivity contribution < 1.29 is 46.6 Å². The topological polar surface area (TPSA) is 131 Å². The van der Waals surface area contributed by atoms with E-state index in [2.05, 4.69) is 15.4 Å². The molecule has 0 radical (unpaired) electrons. The summed E-state index contributed by atoms with van der Waals surface area (Å²) in [6.45, 7) is 1.20. The lowest BCUT2D eigenvalue weighted by Gasteiger charge is -2.30. The molecule has 3 fully saturated rings. The van der Waals surface area contributed by atoms with E-state index in [9.17, 15) is 37.1 Å². The molecule has 1 aliphatic carbocycles. The van der Waals surface area contributed by atoms with Crippen molar-refractivity contribution in [3.05, 3.63) is 23.7 Å². The first kappa shape index (κ1) is 22.0. The average Bonchev–Trinajstić information content (AvgIpc) is 2.92. The molecule has 2 N–H and O–H groups in total. The molecule has 0 saturated carbocycles. The lowest BCUT2D eigenvalue weighted by molar-refractivity contribution is -0.195. The van der Waals surface area contributed by atoms with Crippen LogP contribution in [0.5, 0.6) is 0 Å². The van der Waals surface area contributed by atoms with Gasteiger partial charge in [0.05, 0.1) is 12.5 Å². The van der Waals surface area contributed by atoms with Crippen LogP contribution in [-0.2, 0) is 33.4 Å². The third-order valence-electron chi connectivity index (χ3n) is 5.66. The number of imide groups is 2. The first-order chi connectivity index (χ1) is 15.1. The second-order valence-electron chi connectivity index (χ2n) is 7.83. The summed E-state index contributed by atoms with van der Waals surface area (Å²) < 4.78 is 48.2. The van der Waals surface area contributed by atoms with Crippen LogP contribution in [0.1, 0.15) is 12.8 Å². The summed E-state index contributed by atoms with van der Waals surface area (Å²) in [5.74, 6) is -8.98. The number of nitrogens with one attached hydrogen (secondary N) is 2. The van der Waals surface area contributed by atoms with Gasteiger partial charge < -0.3 is 14.8 Å². The summed E-state index contributed by atoms with van der Waals surface area (Å²) in [7, 11) is 0. The largest absolute Gasteiger partial charge is 0.493 e. The molecule has 3 unspecified atom stereocenters. The SMILES string of the molecule is O=C1CCC(N2C(=O)C3C=CC(OC(=O)C(F)(F)F)=C(OCC4CNC4)C3C2=O)C(=O)N1. The Morgan fingerprint density at radius 1 is 1.16 bits per heavy atom. The summed E-state index contributed by atoms with van der Waals surface area (Å²) in [4.78, 5) is 61.8. The number of hydrogen-bond acceptors (Lipinski definition) is 8. The molecule has 0 spiro atoms. The lowest BCUT2D eigenvalue weighted by Crippen LogP contribution is -2.54. The van der Waals surface area contributed by atoms with Crippen LogP contribution < -0.4 is 10.6 Å². The van der Waals surface area contributed by atoms with Gasteiger partial charge in [-0.05, 0) is 12.5 Å². The molecule has 0 bridgehead atoms. The number of piperidine rings is 1. The third-order valence-corrected chi connectivity index (χ3v) is 5.66. The van der Waals surface area contributed by atoms with Crippen molar-refractivity contribution in [1.29, 1.82) is 0 Å². The van der Waals surface area contributed by atoms with E-state index in [1.54, 1.807) is 0 Å². The first-order valence-corrected chi connectivity index (χ1v) is 9.83. The Kier molecular flexibility index (Phi) is 5.53. The van der Waals surface area contributed by atoms with Gasteiger partial charge in [0.2, 0.25) is 23.6 Å². The number of rotatable bonds is 5. The Morgan fingerprint density at radius 3 is 2.47 bits per heavy atom. The zero-order valence-electron chi connectivity index (χ0n) is 16.4. The summed E-state index contributed by atoms with van der Waals surface area (Å²) in [5, 5.41) is 5.05. The normalized spacial score (nSPS) is 28.5. The lowest BCUT2D eigenvalue weighted by atomic mass is 9.88. The third kappa shape index (κ3) is 3.87. The number of carbonyl (C=O) groups excluding carboxylic acids is 5. The molecular formula is C19H18F3N3O7. The number of amides is 4. The fourth-order valence-corrected chi connectivity index (χ4v) is 3.92. The number of allylic oxidation sites excluding steroid dienone is 1. The van der Waals surface area contributed by atoms with Crippen molar-refractivity contribution in [3.63, 3.8) is 0 Å². The van der Waals surface area contributed by atoms with Crippen molar-refractivity contribution >= 4 is 29.6 Å². The van der Waals surface area contributed by atoms with Crippen LogP contribution >= 0.6 is 0 Å². The summed E-state index contributed by atoms with van der Waals surface area (Å²) >= 11 is 0. The minimum absolute atomic E-state index is 0.0184. The van der Waals surface area contributed by atoms with Gasteiger partial charge in [-0.15, -0.1) is 0 Å². The number of ether oxygens (including phenoxy) is 2. The molecule has 3 aliphatic heterocycles. The standard InChI is InChI=1S/C19H18F3N3O7/c20-19(21,22)18(30)32-11-3-1-9-13(14(11)31-7-8-5-23-6-8)17(29)25(16(9)28)10-2-4-12(26)24-15(10)27/h1,3,8-10,13,23H,2,4-7H2,(H,24,26,27). The van der Waals surface area contributed by atoms with Gasteiger partial charge in [0.25, 0.3) is 0 Å². The highest BCUT2D eigenvalue weighted by Crippen LogP contribution is 2.41. The second kappa shape index (κ2) is 8.04. The maximum absolute atomic E-state index is 13.2. The van der Waals surface area contributed by atoms with Gasteiger partial charge in [-0.1, -0.05) is 6.08 Å². The van der Waals surface area contributed by atoms with Crippen LogP contribution in [0.15, 0.2) is 23.7 Å². The predicted octanol–water partition coefficient (Wildman–Crippen LogP) is -0.484. The zero-order chi connectivity index (χ0) is 23.2. The van der Waals surface area contributed by atoms with E-state index in [1.165, 1.54) is 0 Å². The molecule has 0 aromatic heterocycles. The van der Waals surface area contributed by atoms with E-state index in [0.717, 1.165) is 12.2 Å². The van der Waals surface area contributed by atoms with Gasteiger partial charge in [-0.25, -0.2) is 4.79 Å². The van der Waals surface area contributed by atoms with Crippen molar-refractivity contribution in [2.24, 2.45) is 17.8 Å². The smallest absolute Gasteiger partial charge is 0.491 e. The predicted molar refractivity (Wildman–Crippen MR) is 95.6 cm³/mol. The van der Waals surface area contributed by atoms with E-state index in [0.29, 0.717) is 18.0 Å². The van der Waals surface area contributed by atoms with Gasteiger partial charge >= 0.3 is 12.1 Å². The molecule has 0 aromatic rings. The molecule has 172 valence electrons. The van der Waals surface area contributed by atoms with E-state index in [4.69, 9.17) is 4.74 Å². The summed E-state index contributed by atoms with van der Waals surface area (Å²) in [6.07, 6.45) is -3.31. The molecule has 4 amide bonds. The van der Waals surface area contributed by atoms with Crippen LogP contribution in [-0.4, -0.2) is 66.4 Å². The summed E-state index contributed by atoms with van der Waals surface area (Å²) in [6, 6.07) is -1.23. The number of nitrogens with zero attached hydrogens (tertiary/aromatic N) is 1. The number of halogens is 3. The number of fused-ring (bicyclic) bond motifs is 1. The Balaban J connectivity index is 1.64. The van der Waals surface area contributed by atoms with Crippen molar-refractivity contribution in [2.75, 3.05) is 19.7 Å². The number of carbonyl (C=O) groups is 5. The molecule has 4 aliphatic rings. The maximum atomic E-state index is 13.2. The highest BCUT2D eigenvalue weighted by atomic mass is 19.4. The molecule has 13 heteroatoms.